The van der Waals surface area contributed by atoms with Gasteiger partial charge in [0.2, 0.25) is 0 Å². The van der Waals surface area contributed by atoms with Crippen LogP contribution in [0.1, 0.15) is 44.4 Å². The second kappa shape index (κ2) is 5.66. The fraction of sp³-hybridized carbons (Fsp3) is 0.533. The predicted octanol–water partition coefficient (Wildman–Crippen LogP) is 4.51. The summed E-state index contributed by atoms with van der Waals surface area (Å²) in [6, 6.07) is 5.47. The molecule has 0 aliphatic carbocycles. The minimum atomic E-state index is -0.973. The first kappa shape index (κ1) is 15.2. The summed E-state index contributed by atoms with van der Waals surface area (Å²) in [5.41, 5.74) is 11.4. The molecule has 1 aromatic carbocycles. The molecule has 1 atom stereocenters. The van der Waals surface area contributed by atoms with Gasteiger partial charge in [-0.2, -0.15) is 0 Å². The Morgan fingerprint density at radius 1 is 1.52 bits per heavy atom. The zero-order valence-corrected chi connectivity index (χ0v) is 12.6. The van der Waals surface area contributed by atoms with Crippen LogP contribution in [0.25, 0.3) is 10.4 Å². The van der Waals surface area contributed by atoms with Crippen molar-refractivity contribution in [1.82, 2.24) is 0 Å². The lowest BCUT2D eigenvalue weighted by molar-refractivity contribution is 0.201. The molecule has 6 heteroatoms. The largest absolute Gasteiger partial charge is 0.465 e. The molecule has 1 aromatic rings. The smallest absolute Gasteiger partial charge is 0.411 e. The molecule has 1 heterocycles. The van der Waals surface area contributed by atoms with Crippen LogP contribution >= 0.6 is 0 Å². The van der Waals surface area contributed by atoms with Gasteiger partial charge in [-0.05, 0) is 41.0 Å². The topological polar surface area (TPSA) is 89.3 Å². The van der Waals surface area contributed by atoms with Crippen LogP contribution in [0.15, 0.2) is 23.3 Å². The number of hydrogen-bond donors (Lipinski definition) is 1. The first-order chi connectivity index (χ1) is 9.81. The van der Waals surface area contributed by atoms with Crippen molar-refractivity contribution in [1.29, 1.82) is 0 Å². The number of amides is 1. The molecule has 21 heavy (non-hydrogen) atoms. The fourth-order valence-corrected chi connectivity index (χ4v) is 2.75. The minimum Gasteiger partial charge on any atom is -0.465 e. The van der Waals surface area contributed by atoms with Gasteiger partial charge in [0, 0.05) is 11.5 Å². The van der Waals surface area contributed by atoms with Crippen molar-refractivity contribution < 1.29 is 9.90 Å². The maximum absolute atomic E-state index is 11.3. The molecule has 2 rings (SSSR count). The number of anilines is 1. The van der Waals surface area contributed by atoms with Gasteiger partial charge in [-0.15, -0.1) is 0 Å². The highest BCUT2D eigenvalue weighted by Gasteiger charge is 2.28. The number of azide groups is 1. The maximum atomic E-state index is 11.3. The van der Waals surface area contributed by atoms with Gasteiger partial charge in [0.15, 0.2) is 0 Å². The molecule has 0 bridgehead atoms. The third-order valence-electron chi connectivity index (χ3n) is 3.52. The Morgan fingerprint density at radius 2 is 2.24 bits per heavy atom. The lowest BCUT2D eigenvalue weighted by Crippen LogP contribution is -2.35. The second-order valence-corrected chi connectivity index (χ2v) is 6.57. The van der Waals surface area contributed by atoms with Crippen LogP contribution in [0.3, 0.4) is 0 Å². The molecular formula is C15H20N4O2. The van der Waals surface area contributed by atoms with Gasteiger partial charge in [0.05, 0.1) is 11.7 Å². The number of nitrogens with zero attached hydrogens (tertiary/aromatic N) is 4. The van der Waals surface area contributed by atoms with Gasteiger partial charge >= 0.3 is 6.09 Å². The Hall–Kier alpha value is -2.20. The monoisotopic (exact) mass is 288 g/mol. The van der Waals surface area contributed by atoms with Crippen molar-refractivity contribution in [3.8, 4) is 0 Å². The van der Waals surface area contributed by atoms with E-state index < -0.39 is 6.09 Å². The van der Waals surface area contributed by atoms with E-state index in [2.05, 4.69) is 30.8 Å². The lowest BCUT2D eigenvalue weighted by atomic mass is 9.86. The molecule has 0 radical (unpaired) electrons. The summed E-state index contributed by atoms with van der Waals surface area (Å²) in [5, 5.41) is 13.1. The highest BCUT2D eigenvalue weighted by atomic mass is 16.4. The molecule has 0 spiro atoms. The summed E-state index contributed by atoms with van der Waals surface area (Å²) in [5.74, 6) is 0. The van der Waals surface area contributed by atoms with Crippen molar-refractivity contribution in [3.05, 3.63) is 39.8 Å². The van der Waals surface area contributed by atoms with E-state index in [-0.39, 0.29) is 11.5 Å². The summed E-state index contributed by atoms with van der Waals surface area (Å²) in [7, 11) is 0. The van der Waals surface area contributed by atoms with E-state index in [1.54, 1.807) is 0 Å². The van der Waals surface area contributed by atoms with Gasteiger partial charge in [0.1, 0.15) is 0 Å². The number of carboxylic acid groups (broad SMARTS) is 1. The highest BCUT2D eigenvalue weighted by Crippen LogP contribution is 2.37. The predicted molar refractivity (Wildman–Crippen MR) is 81.5 cm³/mol. The van der Waals surface area contributed by atoms with Gasteiger partial charge < -0.3 is 5.11 Å². The van der Waals surface area contributed by atoms with E-state index in [4.69, 9.17) is 5.53 Å². The zero-order chi connectivity index (χ0) is 15.6. The molecular weight excluding hydrogens is 268 g/mol. The number of hydrogen-bond acceptors (Lipinski definition) is 2. The van der Waals surface area contributed by atoms with E-state index in [9.17, 15) is 9.90 Å². The van der Waals surface area contributed by atoms with Crippen molar-refractivity contribution in [2.24, 2.45) is 10.5 Å². The maximum Gasteiger partial charge on any atom is 0.411 e. The van der Waals surface area contributed by atoms with Gasteiger partial charge in [0.25, 0.3) is 0 Å². The van der Waals surface area contributed by atoms with Crippen LogP contribution in [0.5, 0.6) is 0 Å². The summed E-state index contributed by atoms with van der Waals surface area (Å²) in [6.45, 7) is 6.81. The summed E-state index contributed by atoms with van der Waals surface area (Å²) < 4.78 is 0. The summed E-state index contributed by atoms with van der Waals surface area (Å²) >= 11 is 0. The molecule has 1 aliphatic rings. The van der Waals surface area contributed by atoms with Crippen LogP contribution in [0, 0.1) is 5.41 Å². The Labute approximate surface area is 124 Å². The Balaban J connectivity index is 2.46. The molecule has 1 N–H and O–H groups in total. The standard InChI is InChI=1S/C15H20N4O2/c1-15(2,3)9-10-4-5-13-11(8-10)12(17-18-16)6-7-19(13)14(20)21/h4-5,8,12H,6-7,9H2,1-3H3,(H,20,21). The van der Waals surface area contributed by atoms with Crippen LogP contribution in [-0.2, 0) is 6.42 Å². The lowest BCUT2D eigenvalue weighted by Gasteiger charge is -2.31. The van der Waals surface area contributed by atoms with E-state index in [0.717, 1.165) is 17.5 Å². The summed E-state index contributed by atoms with van der Waals surface area (Å²) in [6.07, 6.45) is 0.429. The molecule has 1 unspecified atom stereocenters. The number of rotatable bonds is 2. The zero-order valence-electron chi connectivity index (χ0n) is 12.6. The third kappa shape index (κ3) is 3.47. The second-order valence-electron chi connectivity index (χ2n) is 6.57. The molecule has 0 fully saturated rings. The van der Waals surface area contributed by atoms with Crippen molar-refractivity contribution in [2.45, 2.75) is 39.7 Å². The molecule has 6 nitrogen and oxygen atoms in total. The van der Waals surface area contributed by atoms with Crippen LogP contribution in [0.2, 0.25) is 0 Å². The summed E-state index contributed by atoms with van der Waals surface area (Å²) in [4.78, 5) is 15.5. The van der Waals surface area contributed by atoms with Crippen molar-refractivity contribution in [2.75, 3.05) is 11.4 Å². The number of fused-ring (bicyclic) bond motifs is 1. The van der Waals surface area contributed by atoms with Crippen molar-refractivity contribution >= 4 is 11.8 Å². The van der Waals surface area contributed by atoms with Gasteiger partial charge in [-0.1, -0.05) is 38.0 Å². The van der Waals surface area contributed by atoms with E-state index in [0.29, 0.717) is 18.7 Å². The third-order valence-corrected chi connectivity index (χ3v) is 3.52. The van der Waals surface area contributed by atoms with Gasteiger partial charge in [-0.3, -0.25) is 4.90 Å². The molecule has 0 aromatic heterocycles. The van der Waals surface area contributed by atoms with Gasteiger partial charge in [-0.25, -0.2) is 4.79 Å². The van der Waals surface area contributed by atoms with E-state index in [1.807, 2.05) is 18.2 Å². The fourth-order valence-electron chi connectivity index (χ4n) is 2.75. The molecule has 0 saturated heterocycles. The molecule has 112 valence electrons. The Morgan fingerprint density at radius 3 is 2.81 bits per heavy atom. The molecule has 1 amide bonds. The Bertz CT molecular complexity index is 600. The van der Waals surface area contributed by atoms with Crippen molar-refractivity contribution in [3.63, 3.8) is 0 Å². The minimum absolute atomic E-state index is 0.142. The average Bonchev–Trinajstić information content (AvgIpc) is 2.37. The normalized spacial score (nSPS) is 17.9. The molecule has 0 saturated carbocycles. The Kier molecular flexibility index (Phi) is 4.09. The molecule has 1 aliphatic heterocycles. The van der Waals surface area contributed by atoms with Crippen LogP contribution in [0.4, 0.5) is 10.5 Å². The van der Waals surface area contributed by atoms with Crippen LogP contribution < -0.4 is 4.90 Å². The highest BCUT2D eigenvalue weighted by molar-refractivity contribution is 5.88. The number of benzene rings is 1. The van der Waals surface area contributed by atoms with E-state index in [1.165, 1.54) is 4.90 Å². The quantitative estimate of drug-likeness (QED) is 0.492. The number of carbonyl (C=O) groups is 1. The van der Waals surface area contributed by atoms with E-state index >= 15 is 0 Å². The van der Waals surface area contributed by atoms with Crippen LogP contribution in [-0.4, -0.2) is 17.7 Å². The SMILES string of the molecule is CC(C)(C)Cc1ccc2c(c1)C(N=[N+]=[N-])CCN2C(=O)O. The first-order valence-corrected chi connectivity index (χ1v) is 6.99. The first-order valence-electron chi connectivity index (χ1n) is 6.99. The average molecular weight is 288 g/mol.